The molecule has 4 heteroatoms. The van der Waals surface area contributed by atoms with Crippen molar-refractivity contribution in [2.24, 2.45) is 5.92 Å². The van der Waals surface area contributed by atoms with Crippen molar-refractivity contribution in [3.05, 3.63) is 28.8 Å². The van der Waals surface area contributed by atoms with Gasteiger partial charge in [-0.1, -0.05) is 38.3 Å². The zero-order valence-corrected chi connectivity index (χ0v) is 13.7. The lowest BCUT2D eigenvalue weighted by Crippen LogP contribution is -2.41. The van der Waals surface area contributed by atoms with Gasteiger partial charge in [-0.25, -0.2) is 0 Å². The van der Waals surface area contributed by atoms with E-state index in [1.165, 1.54) is 19.3 Å². The molecule has 2 atom stereocenters. The average molecular weight is 309 g/mol. The Morgan fingerprint density at radius 1 is 1.33 bits per heavy atom. The number of halogens is 1. The SMILES string of the molecule is CCCNc1ccc(Cl)cc1C(=O)NC1CCCCC1C. The van der Waals surface area contributed by atoms with Gasteiger partial charge in [-0.3, -0.25) is 4.79 Å². The largest absolute Gasteiger partial charge is 0.384 e. The van der Waals surface area contributed by atoms with Crippen molar-refractivity contribution < 1.29 is 4.79 Å². The van der Waals surface area contributed by atoms with Gasteiger partial charge in [0.25, 0.3) is 5.91 Å². The van der Waals surface area contributed by atoms with Crippen LogP contribution >= 0.6 is 11.6 Å². The van der Waals surface area contributed by atoms with E-state index < -0.39 is 0 Å². The number of carbonyl (C=O) groups excluding carboxylic acids is 1. The zero-order chi connectivity index (χ0) is 15.2. The van der Waals surface area contributed by atoms with Crippen molar-refractivity contribution in [1.29, 1.82) is 0 Å². The number of carbonyl (C=O) groups is 1. The Kier molecular flexibility index (Phi) is 5.92. The molecule has 1 aromatic carbocycles. The molecular formula is C17H25ClN2O. The number of benzene rings is 1. The minimum atomic E-state index is -0.0187. The number of hydrogen-bond acceptors (Lipinski definition) is 2. The second-order valence-corrected chi connectivity index (χ2v) is 6.39. The molecule has 0 saturated heterocycles. The molecule has 0 spiro atoms. The van der Waals surface area contributed by atoms with Crippen molar-refractivity contribution in [2.45, 2.75) is 52.0 Å². The maximum absolute atomic E-state index is 12.6. The second-order valence-electron chi connectivity index (χ2n) is 5.96. The standard InChI is InChI=1S/C17H25ClN2O/c1-3-10-19-16-9-8-13(18)11-14(16)17(21)20-15-7-5-4-6-12(15)2/h8-9,11-12,15,19H,3-7,10H2,1-2H3,(H,20,21). The molecule has 2 unspecified atom stereocenters. The molecule has 1 saturated carbocycles. The summed E-state index contributed by atoms with van der Waals surface area (Å²) in [6, 6.07) is 5.74. The zero-order valence-electron chi connectivity index (χ0n) is 12.9. The van der Waals surface area contributed by atoms with Crippen LogP contribution < -0.4 is 10.6 Å². The van der Waals surface area contributed by atoms with Gasteiger partial charge in [-0.2, -0.15) is 0 Å². The molecule has 1 amide bonds. The predicted molar refractivity (Wildman–Crippen MR) is 89.1 cm³/mol. The maximum atomic E-state index is 12.6. The highest BCUT2D eigenvalue weighted by atomic mass is 35.5. The Labute approximate surface area is 132 Å². The van der Waals surface area contributed by atoms with Crippen LogP contribution in [0.4, 0.5) is 5.69 Å². The number of nitrogens with one attached hydrogen (secondary N) is 2. The first-order valence-electron chi connectivity index (χ1n) is 7.96. The summed E-state index contributed by atoms with van der Waals surface area (Å²) < 4.78 is 0. The summed E-state index contributed by atoms with van der Waals surface area (Å²) in [4.78, 5) is 12.6. The molecule has 2 N–H and O–H groups in total. The van der Waals surface area contributed by atoms with Crippen molar-refractivity contribution in [3.63, 3.8) is 0 Å². The van der Waals surface area contributed by atoms with E-state index in [4.69, 9.17) is 11.6 Å². The summed E-state index contributed by atoms with van der Waals surface area (Å²) >= 11 is 6.06. The van der Waals surface area contributed by atoms with E-state index in [2.05, 4.69) is 24.5 Å². The van der Waals surface area contributed by atoms with Crippen LogP contribution in [-0.2, 0) is 0 Å². The van der Waals surface area contributed by atoms with Crippen LogP contribution in [0.1, 0.15) is 56.3 Å². The fourth-order valence-electron chi connectivity index (χ4n) is 2.89. The molecule has 2 rings (SSSR count). The fourth-order valence-corrected chi connectivity index (χ4v) is 3.07. The quantitative estimate of drug-likeness (QED) is 0.842. The molecule has 1 aliphatic carbocycles. The van der Waals surface area contributed by atoms with Gasteiger partial charge in [0.05, 0.1) is 5.56 Å². The van der Waals surface area contributed by atoms with Gasteiger partial charge in [0.15, 0.2) is 0 Å². The minimum absolute atomic E-state index is 0.0187. The van der Waals surface area contributed by atoms with Crippen molar-refractivity contribution in [1.82, 2.24) is 5.32 Å². The van der Waals surface area contributed by atoms with E-state index in [-0.39, 0.29) is 11.9 Å². The second kappa shape index (κ2) is 7.69. The molecule has 0 heterocycles. The van der Waals surface area contributed by atoms with Crippen LogP contribution in [0.3, 0.4) is 0 Å². The van der Waals surface area contributed by atoms with Crippen LogP contribution in [0.15, 0.2) is 18.2 Å². The maximum Gasteiger partial charge on any atom is 0.253 e. The summed E-state index contributed by atoms with van der Waals surface area (Å²) in [6.07, 6.45) is 5.76. The number of amides is 1. The molecule has 1 fully saturated rings. The summed E-state index contributed by atoms with van der Waals surface area (Å²) in [5.41, 5.74) is 1.51. The fraction of sp³-hybridized carbons (Fsp3) is 0.588. The van der Waals surface area contributed by atoms with Crippen LogP contribution in [0.2, 0.25) is 5.02 Å². The highest BCUT2D eigenvalue weighted by Gasteiger charge is 2.24. The molecular weight excluding hydrogens is 284 g/mol. The Morgan fingerprint density at radius 2 is 2.10 bits per heavy atom. The number of anilines is 1. The molecule has 21 heavy (non-hydrogen) atoms. The third kappa shape index (κ3) is 4.37. The normalized spacial score (nSPS) is 21.9. The molecule has 116 valence electrons. The summed E-state index contributed by atoms with van der Waals surface area (Å²) in [6.45, 7) is 5.17. The molecule has 3 nitrogen and oxygen atoms in total. The van der Waals surface area contributed by atoms with Gasteiger partial charge >= 0.3 is 0 Å². The lowest BCUT2D eigenvalue weighted by molar-refractivity contribution is 0.0911. The van der Waals surface area contributed by atoms with E-state index >= 15 is 0 Å². The van der Waals surface area contributed by atoms with Gasteiger partial charge in [-0.05, 0) is 43.4 Å². The Hall–Kier alpha value is -1.22. The van der Waals surface area contributed by atoms with Crippen LogP contribution in [0.5, 0.6) is 0 Å². The highest BCUT2D eigenvalue weighted by Crippen LogP contribution is 2.25. The number of rotatable bonds is 5. The monoisotopic (exact) mass is 308 g/mol. The predicted octanol–water partition coefficient (Wildman–Crippen LogP) is 4.47. The highest BCUT2D eigenvalue weighted by molar-refractivity contribution is 6.31. The summed E-state index contributed by atoms with van der Waals surface area (Å²) in [5.74, 6) is 0.531. The van der Waals surface area contributed by atoms with Crippen molar-refractivity contribution >= 4 is 23.2 Å². The van der Waals surface area contributed by atoms with Crippen LogP contribution in [0, 0.1) is 5.92 Å². The van der Waals surface area contributed by atoms with E-state index in [1.54, 1.807) is 6.07 Å². The van der Waals surface area contributed by atoms with Gasteiger partial charge < -0.3 is 10.6 Å². The van der Waals surface area contributed by atoms with Gasteiger partial charge in [-0.15, -0.1) is 0 Å². The van der Waals surface area contributed by atoms with Gasteiger partial charge in [0.2, 0.25) is 0 Å². The smallest absolute Gasteiger partial charge is 0.253 e. The number of hydrogen-bond donors (Lipinski definition) is 2. The Morgan fingerprint density at radius 3 is 2.81 bits per heavy atom. The third-order valence-electron chi connectivity index (χ3n) is 4.22. The molecule has 0 aliphatic heterocycles. The molecule has 0 aromatic heterocycles. The van der Waals surface area contributed by atoms with E-state index in [0.29, 0.717) is 16.5 Å². The molecule has 0 bridgehead atoms. The molecule has 1 aromatic rings. The lowest BCUT2D eigenvalue weighted by Gasteiger charge is -2.29. The van der Waals surface area contributed by atoms with Gasteiger partial charge in [0, 0.05) is 23.3 Å². The molecule has 0 radical (unpaired) electrons. The first kappa shape index (κ1) is 16.2. The first-order chi connectivity index (χ1) is 10.1. The van der Waals surface area contributed by atoms with E-state index in [0.717, 1.165) is 25.1 Å². The molecule has 1 aliphatic rings. The lowest BCUT2D eigenvalue weighted by atomic mass is 9.86. The average Bonchev–Trinajstić information content (AvgIpc) is 2.48. The topological polar surface area (TPSA) is 41.1 Å². The van der Waals surface area contributed by atoms with E-state index in [9.17, 15) is 4.79 Å². The van der Waals surface area contributed by atoms with Crippen molar-refractivity contribution in [3.8, 4) is 0 Å². The first-order valence-corrected chi connectivity index (χ1v) is 8.34. The van der Waals surface area contributed by atoms with Crippen LogP contribution in [-0.4, -0.2) is 18.5 Å². The Bertz CT molecular complexity index is 490. The van der Waals surface area contributed by atoms with Crippen molar-refractivity contribution in [2.75, 3.05) is 11.9 Å². The minimum Gasteiger partial charge on any atom is -0.384 e. The van der Waals surface area contributed by atoms with E-state index in [1.807, 2.05) is 12.1 Å². The third-order valence-corrected chi connectivity index (χ3v) is 4.45. The summed E-state index contributed by atoms with van der Waals surface area (Å²) in [5, 5.41) is 7.09. The van der Waals surface area contributed by atoms with Crippen LogP contribution in [0.25, 0.3) is 0 Å². The summed E-state index contributed by atoms with van der Waals surface area (Å²) in [7, 11) is 0. The van der Waals surface area contributed by atoms with Gasteiger partial charge in [0.1, 0.15) is 0 Å². The Balaban J connectivity index is 2.11.